The van der Waals surface area contributed by atoms with Crippen molar-refractivity contribution in [3.05, 3.63) is 81.6 Å². The lowest BCUT2D eigenvalue weighted by Crippen LogP contribution is -2.26. The summed E-state index contributed by atoms with van der Waals surface area (Å²) in [6.45, 7) is 2.90. The highest BCUT2D eigenvalue weighted by molar-refractivity contribution is 5.79. The molecule has 0 fully saturated rings. The average Bonchev–Trinajstić information content (AvgIpc) is 2.51. The Morgan fingerprint density at radius 3 is 2.48 bits per heavy atom. The maximum absolute atomic E-state index is 12.6. The van der Waals surface area contributed by atoms with Crippen molar-refractivity contribution in [1.29, 1.82) is 0 Å². The number of aryl methyl sites for hydroxylation is 1. The predicted octanol–water partition coefficient (Wildman–Crippen LogP) is 2.82. The maximum atomic E-state index is 12.6. The van der Waals surface area contributed by atoms with Gasteiger partial charge < -0.3 is 10.3 Å². The van der Waals surface area contributed by atoms with E-state index in [2.05, 4.69) is 19.1 Å². The summed E-state index contributed by atoms with van der Waals surface area (Å²) in [5.74, 6) is 0. The minimum atomic E-state index is -0.000506. The summed E-state index contributed by atoms with van der Waals surface area (Å²) < 4.78 is 1.82. The van der Waals surface area contributed by atoms with E-state index in [-0.39, 0.29) is 12.1 Å². The van der Waals surface area contributed by atoms with Crippen molar-refractivity contribution in [3.63, 3.8) is 0 Å². The van der Waals surface area contributed by atoms with E-state index in [1.165, 1.54) is 5.56 Å². The van der Waals surface area contributed by atoms with Crippen molar-refractivity contribution < 1.29 is 0 Å². The molecule has 3 heteroatoms. The monoisotopic (exact) mass is 278 g/mol. The maximum Gasteiger partial charge on any atom is 0.255 e. The number of fused-ring (bicyclic) bond motifs is 1. The Kier molecular flexibility index (Phi) is 3.59. The Morgan fingerprint density at radius 1 is 1.00 bits per heavy atom. The largest absolute Gasteiger partial charge is 0.326 e. The highest BCUT2D eigenvalue weighted by Crippen LogP contribution is 2.16. The summed E-state index contributed by atoms with van der Waals surface area (Å²) in [6, 6.07) is 18.0. The molecular weight excluding hydrogens is 260 g/mol. The van der Waals surface area contributed by atoms with Crippen LogP contribution in [0.15, 0.2) is 59.4 Å². The molecule has 3 nitrogen and oxygen atoms in total. The van der Waals surface area contributed by atoms with Crippen LogP contribution in [0, 0.1) is 6.92 Å². The van der Waals surface area contributed by atoms with Gasteiger partial charge in [-0.2, -0.15) is 0 Å². The van der Waals surface area contributed by atoms with Gasteiger partial charge in [-0.05, 0) is 35.6 Å². The molecule has 0 spiro atoms. The normalized spacial score (nSPS) is 11.0. The smallest absolute Gasteiger partial charge is 0.255 e. The summed E-state index contributed by atoms with van der Waals surface area (Å²) in [5, 5.41) is 1.05. The molecular formula is C18H18N2O. The van der Waals surface area contributed by atoms with Gasteiger partial charge in [0.25, 0.3) is 5.56 Å². The van der Waals surface area contributed by atoms with E-state index in [0.717, 1.165) is 16.5 Å². The fourth-order valence-electron chi connectivity index (χ4n) is 2.65. The van der Waals surface area contributed by atoms with Crippen molar-refractivity contribution in [3.8, 4) is 0 Å². The van der Waals surface area contributed by atoms with Gasteiger partial charge in [-0.3, -0.25) is 4.79 Å². The average molecular weight is 278 g/mol. The lowest BCUT2D eigenvalue weighted by atomic mass is 10.1. The van der Waals surface area contributed by atoms with Gasteiger partial charge in [0.1, 0.15) is 0 Å². The third-order valence-corrected chi connectivity index (χ3v) is 3.89. The van der Waals surface area contributed by atoms with Crippen molar-refractivity contribution in [2.24, 2.45) is 5.73 Å². The molecule has 1 heterocycles. The molecule has 21 heavy (non-hydrogen) atoms. The van der Waals surface area contributed by atoms with E-state index in [4.69, 9.17) is 5.73 Å². The Morgan fingerprint density at radius 2 is 1.71 bits per heavy atom. The molecule has 0 saturated heterocycles. The van der Waals surface area contributed by atoms with Crippen LogP contribution in [0.2, 0.25) is 0 Å². The first kappa shape index (κ1) is 13.6. The summed E-state index contributed by atoms with van der Waals surface area (Å²) in [7, 11) is 0. The first-order valence-electron chi connectivity index (χ1n) is 7.06. The van der Waals surface area contributed by atoms with E-state index >= 15 is 0 Å². The fourth-order valence-corrected chi connectivity index (χ4v) is 2.65. The highest BCUT2D eigenvalue weighted by Gasteiger charge is 2.09. The lowest BCUT2D eigenvalue weighted by Gasteiger charge is -2.14. The standard InChI is InChI=1S/C18H18N2O/c1-13-6-2-3-8-15(13)12-20-17-9-5-4-7-14(17)10-16(11-19)18(20)21/h2-10H,11-12,19H2,1H3. The van der Waals surface area contributed by atoms with Crippen molar-refractivity contribution in [1.82, 2.24) is 4.57 Å². The first-order chi connectivity index (χ1) is 10.2. The van der Waals surface area contributed by atoms with Crippen molar-refractivity contribution in [2.75, 3.05) is 0 Å². The Labute approximate surface area is 123 Å². The topological polar surface area (TPSA) is 48.0 Å². The SMILES string of the molecule is Cc1ccccc1Cn1c(=O)c(CN)cc2ccccc21. The quantitative estimate of drug-likeness (QED) is 0.801. The van der Waals surface area contributed by atoms with Gasteiger partial charge in [-0.1, -0.05) is 42.5 Å². The first-order valence-corrected chi connectivity index (χ1v) is 7.06. The van der Waals surface area contributed by atoms with Crippen LogP contribution < -0.4 is 11.3 Å². The third-order valence-electron chi connectivity index (χ3n) is 3.89. The molecule has 0 unspecified atom stereocenters. The van der Waals surface area contributed by atoms with Gasteiger partial charge in [0.05, 0.1) is 12.1 Å². The molecule has 2 aromatic carbocycles. The molecule has 1 aromatic heterocycles. The van der Waals surface area contributed by atoms with Crippen molar-refractivity contribution >= 4 is 10.9 Å². The van der Waals surface area contributed by atoms with Crippen molar-refractivity contribution in [2.45, 2.75) is 20.0 Å². The molecule has 3 rings (SSSR count). The molecule has 0 bridgehead atoms. The molecule has 0 aliphatic carbocycles. The van der Waals surface area contributed by atoms with Gasteiger partial charge in [-0.15, -0.1) is 0 Å². The second kappa shape index (κ2) is 5.54. The number of nitrogens with two attached hydrogens (primary N) is 1. The summed E-state index contributed by atoms with van der Waals surface area (Å²) in [4.78, 5) is 12.6. The van der Waals surface area contributed by atoms with Gasteiger partial charge in [-0.25, -0.2) is 0 Å². The zero-order chi connectivity index (χ0) is 14.8. The lowest BCUT2D eigenvalue weighted by molar-refractivity contribution is 0.773. The van der Waals surface area contributed by atoms with Gasteiger partial charge >= 0.3 is 0 Å². The number of pyridine rings is 1. The number of nitrogens with zero attached hydrogens (tertiary/aromatic N) is 1. The molecule has 106 valence electrons. The van der Waals surface area contributed by atoms with Crippen LogP contribution in [0.3, 0.4) is 0 Å². The van der Waals surface area contributed by atoms with Crippen LogP contribution in [0.4, 0.5) is 0 Å². The third kappa shape index (κ3) is 2.48. The number of aromatic nitrogens is 1. The molecule has 3 aromatic rings. The molecule has 0 radical (unpaired) electrons. The zero-order valence-electron chi connectivity index (χ0n) is 12.0. The van der Waals surface area contributed by atoms with E-state index in [1.807, 2.05) is 47.0 Å². The summed E-state index contributed by atoms with van der Waals surface area (Å²) in [5.41, 5.74) is 9.66. The molecule has 0 aliphatic rings. The van der Waals surface area contributed by atoms with Gasteiger partial charge in [0.15, 0.2) is 0 Å². The fraction of sp³-hybridized carbons (Fsp3) is 0.167. The van der Waals surface area contributed by atoms with Crippen LogP contribution in [-0.2, 0) is 13.1 Å². The Hall–Kier alpha value is -2.39. The highest BCUT2D eigenvalue weighted by atomic mass is 16.1. The number of rotatable bonds is 3. The minimum Gasteiger partial charge on any atom is -0.326 e. The molecule has 0 amide bonds. The molecule has 0 saturated carbocycles. The summed E-state index contributed by atoms with van der Waals surface area (Å²) in [6.07, 6.45) is 0. The molecule has 0 atom stereocenters. The molecule has 2 N–H and O–H groups in total. The second-order valence-corrected chi connectivity index (χ2v) is 5.25. The number of benzene rings is 2. The number of para-hydroxylation sites is 1. The van der Waals surface area contributed by atoms with Crippen LogP contribution >= 0.6 is 0 Å². The minimum absolute atomic E-state index is 0.000506. The van der Waals surface area contributed by atoms with Crippen LogP contribution in [0.25, 0.3) is 10.9 Å². The predicted molar refractivity (Wildman–Crippen MR) is 86.4 cm³/mol. The Balaban J connectivity index is 2.23. The van der Waals surface area contributed by atoms with Crippen LogP contribution in [-0.4, -0.2) is 4.57 Å². The van der Waals surface area contributed by atoms with Crippen LogP contribution in [0.1, 0.15) is 16.7 Å². The van der Waals surface area contributed by atoms with Gasteiger partial charge in [0, 0.05) is 12.1 Å². The zero-order valence-corrected chi connectivity index (χ0v) is 12.0. The van der Waals surface area contributed by atoms with E-state index in [0.29, 0.717) is 12.1 Å². The summed E-state index contributed by atoms with van der Waals surface area (Å²) >= 11 is 0. The van der Waals surface area contributed by atoms with E-state index in [1.54, 1.807) is 0 Å². The van der Waals surface area contributed by atoms with Gasteiger partial charge in [0.2, 0.25) is 0 Å². The second-order valence-electron chi connectivity index (χ2n) is 5.25. The molecule has 0 aliphatic heterocycles. The number of hydrogen-bond acceptors (Lipinski definition) is 2. The van der Waals surface area contributed by atoms with Crippen LogP contribution in [0.5, 0.6) is 0 Å². The Bertz CT molecular complexity index is 849. The number of hydrogen-bond donors (Lipinski definition) is 1. The van der Waals surface area contributed by atoms with E-state index < -0.39 is 0 Å². The van der Waals surface area contributed by atoms with E-state index in [9.17, 15) is 4.79 Å².